The molecule has 0 bridgehead atoms. The Morgan fingerprint density at radius 3 is 2.79 bits per heavy atom. The highest BCUT2D eigenvalue weighted by atomic mass is 32.2. The molecule has 10 heteroatoms. The number of carbonyl (C=O) groups is 1. The Morgan fingerprint density at radius 1 is 1.12 bits per heavy atom. The van der Waals surface area contributed by atoms with E-state index in [1.54, 1.807) is 23.1 Å². The Kier molecular flexibility index (Phi) is 7.79. The van der Waals surface area contributed by atoms with E-state index in [2.05, 4.69) is 38.3 Å². The second kappa shape index (κ2) is 11.4. The normalized spacial score (nSPS) is 15.7. The van der Waals surface area contributed by atoms with Crippen molar-refractivity contribution in [2.45, 2.75) is 40.7 Å². The topological polar surface area (TPSA) is 81.9 Å². The van der Waals surface area contributed by atoms with Crippen LogP contribution in [0, 0.1) is 0 Å². The summed E-state index contributed by atoms with van der Waals surface area (Å²) in [6.07, 6.45) is 2.21. The predicted molar refractivity (Wildman–Crippen MR) is 137 cm³/mol. The van der Waals surface area contributed by atoms with E-state index >= 15 is 0 Å². The molecule has 2 aromatic carbocycles. The van der Waals surface area contributed by atoms with E-state index in [1.165, 1.54) is 22.0 Å². The highest BCUT2D eigenvalue weighted by Gasteiger charge is 2.18. The lowest BCUT2D eigenvalue weighted by molar-refractivity contribution is -0.119. The van der Waals surface area contributed by atoms with Gasteiger partial charge in [-0.05, 0) is 30.5 Å². The van der Waals surface area contributed by atoms with Gasteiger partial charge in [0.15, 0.2) is 9.50 Å². The zero-order valence-electron chi connectivity index (χ0n) is 18.6. The third-order valence-electron chi connectivity index (χ3n) is 5.46. The van der Waals surface area contributed by atoms with E-state index in [0.717, 1.165) is 40.3 Å². The molecule has 0 aliphatic carbocycles. The first-order valence-electron chi connectivity index (χ1n) is 11.2. The molecule has 176 valence electrons. The van der Waals surface area contributed by atoms with Crippen LogP contribution in [0.2, 0.25) is 0 Å². The van der Waals surface area contributed by atoms with Crippen molar-refractivity contribution in [3.05, 3.63) is 66.0 Å². The molecule has 5 rings (SSSR count). The highest BCUT2D eigenvalue weighted by Crippen LogP contribution is 2.32. The van der Waals surface area contributed by atoms with Crippen LogP contribution in [-0.2, 0) is 21.8 Å². The highest BCUT2D eigenvalue weighted by molar-refractivity contribution is 8.00. The van der Waals surface area contributed by atoms with Crippen molar-refractivity contribution in [1.82, 2.24) is 25.1 Å². The molecule has 1 aliphatic rings. The second-order valence-electron chi connectivity index (χ2n) is 7.93. The molecule has 34 heavy (non-hydrogen) atoms. The molecule has 1 aliphatic heterocycles. The van der Waals surface area contributed by atoms with Crippen LogP contribution in [0.1, 0.15) is 24.2 Å². The van der Waals surface area contributed by atoms with Gasteiger partial charge in [-0.25, -0.2) is 4.98 Å². The second-order valence-corrected chi connectivity index (χ2v) is 11.1. The first kappa shape index (κ1) is 23.3. The number of amides is 1. The fourth-order valence-electron chi connectivity index (χ4n) is 3.71. The van der Waals surface area contributed by atoms with Gasteiger partial charge in [0.2, 0.25) is 5.91 Å². The predicted octanol–water partition coefficient (Wildman–Crippen LogP) is 4.62. The standard InChI is InChI=1S/C24H25N5O2S3/c30-22(25-13-18-9-6-12-31-18)16-32-23-28-27-21(29(23)14-17-7-2-1-3-8-17)15-33-24-26-19-10-4-5-11-20(19)34-24/h1-5,7-8,10-11,18H,6,9,12-16H2,(H,25,30). The van der Waals surface area contributed by atoms with E-state index in [9.17, 15) is 4.79 Å². The molecule has 1 unspecified atom stereocenters. The van der Waals surface area contributed by atoms with Gasteiger partial charge in [-0.15, -0.1) is 21.5 Å². The minimum absolute atomic E-state index is 0.0137. The van der Waals surface area contributed by atoms with Crippen molar-refractivity contribution < 1.29 is 9.53 Å². The first-order valence-corrected chi connectivity index (χ1v) is 14.0. The molecule has 1 N–H and O–H groups in total. The van der Waals surface area contributed by atoms with E-state index in [0.29, 0.717) is 24.6 Å². The Morgan fingerprint density at radius 2 is 1.97 bits per heavy atom. The molecule has 1 fully saturated rings. The quantitative estimate of drug-likeness (QED) is 0.311. The Labute approximate surface area is 210 Å². The Balaban J connectivity index is 1.26. The van der Waals surface area contributed by atoms with Crippen LogP contribution in [0.15, 0.2) is 64.1 Å². The molecular formula is C24H25N5O2S3. The lowest BCUT2D eigenvalue weighted by Gasteiger charge is -2.12. The van der Waals surface area contributed by atoms with Crippen molar-refractivity contribution in [2.75, 3.05) is 18.9 Å². The molecule has 0 saturated carbocycles. The lowest BCUT2D eigenvalue weighted by atomic mass is 10.2. The third-order valence-corrected chi connectivity index (χ3v) is 8.60. The fraction of sp³-hybridized carbons (Fsp3) is 0.333. The molecule has 1 saturated heterocycles. The van der Waals surface area contributed by atoms with Gasteiger partial charge in [0.25, 0.3) is 0 Å². The maximum absolute atomic E-state index is 12.4. The lowest BCUT2D eigenvalue weighted by Crippen LogP contribution is -2.32. The summed E-state index contributed by atoms with van der Waals surface area (Å²) in [4.78, 5) is 17.1. The first-order chi connectivity index (χ1) is 16.7. The van der Waals surface area contributed by atoms with Crippen LogP contribution in [0.3, 0.4) is 0 Å². The summed E-state index contributed by atoms with van der Waals surface area (Å²) >= 11 is 4.77. The third kappa shape index (κ3) is 5.99. The molecule has 1 amide bonds. The minimum atomic E-state index is -0.0137. The number of benzene rings is 2. The van der Waals surface area contributed by atoms with E-state index < -0.39 is 0 Å². The summed E-state index contributed by atoms with van der Waals surface area (Å²) < 4.78 is 9.88. The zero-order chi connectivity index (χ0) is 23.2. The van der Waals surface area contributed by atoms with E-state index in [4.69, 9.17) is 9.72 Å². The van der Waals surface area contributed by atoms with Gasteiger partial charge >= 0.3 is 0 Å². The van der Waals surface area contributed by atoms with Crippen LogP contribution >= 0.6 is 34.9 Å². The number of ether oxygens (including phenoxy) is 1. The molecule has 7 nitrogen and oxygen atoms in total. The van der Waals surface area contributed by atoms with Crippen LogP contribution in [0.4, 0.5) is 0 Å². The maximum atomic E-state index is 12.4. The molecule has 0 radical (unpaired) electrons. The van der Waals surface area contributed by atoms with Gasteiger partial charge in [-0.3, -0.25) is 4.79 Å². The fourth-order valence-corrected chi connectivity index (χ4v) is 6.50. The van der Waals surface area contributed by atoms with Crippen LogP contribution < -0.4 is 5.32 Å². The van der Waals surface area contributed by atoms with Crippen LogP contribution in [0.25, 0.3) is 10.2 Å². The minimum Gasteiger partial charge on any atom is -0.376 e. The number of carbonyl (C=O) groups excluding carboxylic acids is 1. The molecule has 3 heterocycles. The molecule has 1 atom stereocenters. The van der Waals surface area contributed by atoms with Crippen LogP contribution in [0.5, 0.6) is 0 Å². The number of hydrogen-bond donors (Lipinski definition) is 1. The summed E-state index contributed by atoms with van der Waals surface area (Å²) in [5.74, 6) is 1.81. The van der Waals surface area contributed by atoms with Crippen LogP contribution in [-0.4, -0.2) is 50.7 Å². The Bertz CT molecular complexity index is 1200. The SMILES string of the molecule is O=C(CSc1nnc(CSc2nc3ccccc3s2)n1Cc1ccccc1)NCC1CCCO1. The van der Waals surface area contributed by atoms with Gasteiger partial charge in [0.1, 0.15) is 5.82 Å². The summed E-state index contributed by atoms with van der Waals surface area (Å²) in [6, 6.07) is 18.4. The smallest absolute Gasteiger partial charge is 0.230 e. The number of aromatic nitrogens is 4. The van der Waals surface area contributed by atoms with Crippen molar-refractivity contribution >= 4 is 51.0 Å². The van der Waals surface area contributed by atoms with Crippen molar-refractivity contribution in [3.8, 4) is 0 Å². The monoisotopic (exact) mass is 511 g/mol. The average Bonchev–Trinajstić information content (AvgIpc) is 3.61. The van der Waals surface area contributed by atoms with Gasteiger partial charge in [-0.1, -0.05) is 66.0 Å². The molecule has 0 spiro atoms. The van der Waals surface area contributed by atoms with E-state index in [1.807, 2.05) is 36.4 Å². The number of nitrogens with one attached hydrogen (secondary N) is 1. The van der Waals surface area contributed by atoms with Gasteiger partial charge in [0.05, 0.1) is 34.4 Å². The van der Waals surface area contributed by atoms with Gasteiger partial charge < -0.3 is 14.6 Å². The zero-order valence-corrected chi connectivity index (χ0v) is 21.0. The molecule has 2 aromatic heterocycles. The summed E-state index contributed by atoms with van der Waals surface area (Å²) in [5, 5.41) is 12.6. The number of thiazole rings is 1. The Hall–Kier alpha value is -2.40. The van der Waals surface area contributed by atoms with Crippen molar-refractivity contribution in [3.63, 3.8) is 0 Å². The molecule has 4 aromatic rings. The number of hydrogen-bond acceptors (Lipinski definition) is 8. The van der Waals surface area contributed by atoms with Crippen molar-refractivity contribution in [2.24, 2.45) is 0 Å². The maximum Gasteiger partial charge on any atom is 0.230 e. The summed E-state index contributed by atoms with van der Waals surface area (Å²) in [5.41, 5.74) is 2.18. The van der Waals surface area contributed by atoms with E-state index in [-0.39, 0.29) is 12.0 Å². The van der Waals surface area contributed by atoms with Crippen molar-refractivity contribution in [1.29, 1.82) is 0 Å². The molecular weight excluding hydrogens is 486 g/mol. The number of thioether (sulfide) groups is 2. The van der Waals surface area contributed by atoms with Gasteiger partial charge in [-0.2, -0.15) is 0 Å². The van der Waals surface area contributed by atoms with Gasteiger partial charge in [0, 0.05) is 13.2 Å². The largest absolute Gasteiger partial charge is 0.376 e. The number of nitrogens with zero attached hydrogens (tertiary/aromatic N) is 4. The summed E-state index contributed by atoms with van der Waals surface area (Å²) in [7, 11) is 0. The number of fused-ring (bicyclic) bond motifs is 1. The average molecular weight is 512 g/mol. The number of para-hydroxylation sites is 1. The number of rotatable bonds is 10. The summed E-state index contributed by atoms with van der Waals surface area (Å²) in [6.45, 7) is 2.01.